The molecule has 0 radical (unpaired) electrons. The molecule has 1 aromatic carbocycles. The monoisotopic (exact) mass is 405 g/mol. The lowest BCUT2D eigenvalue weighted by Gasteiger charge is -2.32. The molecule has 2 aliphatic heterocycles. The molecular weight excluding hydrogens is 373 g/mol. The van der Waals surface area contributed by atoms with Crippen LogP contribution in [0.4, 0.5) is 9.18 Å². The van der Waals surface area contributed by atoms with Crippen molar-refractivity contribution in [1.82, 2.24) is 15.1 Å². The molecule has 2 N–H and O–H groups in total. The molecule has 1 aromatic rings. The summed E-state index contributed by atoms with van der Waals surface area (Å²) >= 11 is 0. The summed E-state index contributed by atoms with van der Waals surface area (Å²) in [7, 11) is 0. The number of halogens is 1. The van der Waals surface area contributed by atoms with Crippen LogP contribution in [0.2, 0.25) is 0 Å². The molecule has 2 atom stereocenters. The van der Waals surface area contributed by atoms with Crippen molar-refractivity contribution in [2.45, 2.75) is 57.6 Å². The number of β-amino-alcohol motifs (C(OH)–C–C–N with tert-alkyl or cyclic N) is 1. The second kappa shape index (κ2) is 9.22. The lowest BCUT2D eigenvalue weighted by molar-refractivity contribution is -0.133. The number of amides is 3. The minimum Gasteiger partial charge on any atom is -0.390 e. The Kier molecular flexibility index (Phi) is 6.90. The number of aliphatic hydroxyl groups excluding tert-OH is 1. The number of hydrogen-bond acceptors (Lipinski definition) is 4. The molecular formula is C22H32FN3O3. The summed E-state index contributed by atoms with van der Waals surface area (Å²) < 4.78 is 13.4. The number of carbonyl (C=O) groups is 2. The number of nitrogens with zero attached hydrogens (tertiary/aromatic N) is 2. The fraction of sp³-hybridized carbons (Fsp3) is 0.636. The number of urea groups is 1. The van der Waals surface area contributed by atoms with Crippen molar-refractivity contribution in [3.63, 3.8) is 0 Å². The number of carbonyl (C=O) groups excluding carboxylic acids is 2. The van der Waals surface area contributed by atoms with Gasteiger partial charge >= 0.3 is 6.03 Å². The van der Waals surface area contributed by atoms with Crippen LogP contribution in [-0.2, 0) is 10.3 Å². The zero-order valence-corrected chi connectivity index (χ0v) is 17.4. The van der Waals surface area contributed by atoms with E-state index in [9.17, 15) is 19.1 Å². The molecule has 0 aromatic heterocycles. The Morgan fingerprint density at radius 2 is 1.86 bits per heavy atom. The van der Waals surface area contributed by atoms with Gasteiger partial charge in [-0.1, -0.05) is 38.8 Å². The maximum absolute atomic E-state index is 13.4. The van der Waals surface area contributed by atoms with Gasteiger partial charge in [0, 0.05) is 6.54 Å². The predicted octanol–water partition coefficient (Wildman–Crippen LogP) is 2.86. The molecule has 6 nitrogen and oxygen atoms in total. The summed E-state index contributed by atoms with van der Waals surface area (Å²) in [5.41, 5.74) is -0.617. The Morgan fingerprint density at radius 1 is 1.21 bits per heavy atom. The van der Waals surface area contributed by atoms with Gasteiger partial charge in [0.1, 0.15) is 11.4 Å². The lowest BCUT2D eigenvalue weighted by atomic mass is 9.84. The number of imide groups is 1. The molecule has 3 amide bonds. The maximum Gasteiger partial charge on any atom is 0.325 e. The Morgan fingerprint density at radius 3 is 2.48 bits per heavy atom. The number of benzene rings is 1. The highest BCUT2D eigenvalue weighted by molar-refractivity contribution is 6.07. The van der Waals surface area contributed by atoms with Crippen LogP contribution in [0.15, 0.2) is 24.3 Å². The van der Waals surface area contributed by atoms with E-state index < -0.39 is 17.7 Å². The van der Waals surface area contributed by atoms with Crippen LogP contribution < -0.4 is 5.32 Å². The van der Waals surface area contributed by atoms with Crippen molar-refractivity contribution in [2.75, 3.05) is 26.2 Å². The van der Waals surface area contributed by atoms with E-state index in [-0.39, 0.29) is 18.3 Å². The van der Waals surface area contributed by atoms with Crippen LogP contribution in [0.1, 0.15) is 51.5 Å². The van der Waals surface area contributed by atoms with Crippen LogP contribution in [-0.4, -0.2) is 59.1 Å². The van der Waals surface area contributed by atoms with Gasteiger partial charge in [0.25, 0.3) is 5.91 Å². The average Bonchev–Trinajstić information content (AvgIpc) is 2.94. The third-order valence-electron chi connectivity index (χ3n) is 6.16. The van der Waals surface area contributed by atoms with Gasteiger partial charge in [-0.15, -0.1) is 0 Å². The fourth-order valence-electron chi connectivity index (χ4n) is 4.29. The number of nitrogens with one attached hydrogen (secondary N) is 1. The van der Waals surface area contributed by atoms with Gasteiger partial charge < -0.3 is 15.3 Å². The molecule has 2 aliphatic rings. The Balaban J connectivity index is 1.72. The molecule has 29 heavy (non-hydrogen) atoms. The first-order chi connectivity index (χ1) is 13.9. The zero-order chi connectivity index (χ0) is 21.0. The normalized spacial score (nSPS) is 24.8. The molecule has 0 aliphatic carbocycles. The summed E-state index contributed by atoms with van der Waals surface area (Å²) in [4.78, 5) is 29.3. The van der Waals surface area contributed by atoms with Gasteiger partial charge in [-0.2, -0.15) is 0 Å². The van der Waals surface area contributed by atoms with Crippen LogP contribution in [0.25, 0.3) is 0 Å². The van der Waals surface area contributed by atoms with E-state index in [0.717, 1.165) is 43.7 Å². The van der Waals surface area contributed by atoms with Crippen molar-refractivity contribution in [3.8, 4) is 0 Å². The zero-order valence-electron chi connectivity index (χ0n) is 17.4. The number of piperidine rings is 1. The van der Waals surface area contributed by atoms with Crippen molar-refractivity contribution >= 4 is 11.9 Å². The first-order valence-electron chi connectivity index (χ1n) is 10.7. The second-order valence-electron chi connectivity index (χ2n) is 8.50. The van der Waals surface area contributed by atoms with E-state index in [2.05, 4.69) is 17.1 Å². The van der Waals surface area contributed by atoms with Gasteiger partial charge in [0.15, 0.2) is 0 Å². The summed E-state index contributed by atoms with van der Waals surface area (Å²) in [6.45, 7) is 6.50. The van der Waals surface area contributed by atoms with Crippen molar-refractivity contribution in [3.05, 3.63) is 35.6 Å². The third-order valence-corrected chi connectivity index (χ3v) is 6.16. The van der Waals surface area contributed by atoms with Crippen molar-refractivity contribution in [1.29, 1.82) is 0 Å². The number of likely N-dealkylation sites (tertiary alicyclic amines) is 1. The summed E-state index contributed by atoms with van der Waals surface area (Å²) in [5.74, 6) is -0.0580. The first kappa shape index (κ1) is 21.7. The molecule has 160 valence electrons. The highest BCUT2D eigenvalue weighted by atomic mass is 19.1. The van der Waals surface area contributed by atoms with E-state index in [1.165, 1.54) is 12.1 Å². The molecule has 0 bridgehead atoms. The SMILES string of the molecule is CCCCC1(c2ccc(F)cc2)NC(=O)N(CC(O)CN2CCC(C)CC2)C1=O. The van der Waals surface area contributed by atoms with Gasteiger partial charge in [0.2, 0.25) is 0 Å². The minimum absolute atomic E-state index is 0.0359. The molecule has 2 heterocycles. The van der Waals surface area contributed by atoms with E-state index in [1.807, 2.05) is 6.92 Å². The standard InChI is InChI=1S/C22H32FN3O3/c1-3-4-11-22(17-5-7-18(23)8-6-17)20(28)26(21(29)24-22)15-19(27)14-25-12-9-16(2)10-13-25/h5-8,16,19,27H,3-4,9-15H2,1-2H3,(H,24,29). The first-order valence-corrected chi connectivity index (χ1v) is 10.7. The summed E-state index contributed by atoms with van der Waals surface area (Å²) in [6, 6.07) is 5.21. The number of unbranched alkanes of at least 4 members (excludes halogenated alkanes) is 1. The molecule has 2 unspecified atom stereocenters. The average molecular weight is 406 g/mol. The molecule has 0 saturated carbocycles. The number of aliphatic hydroxyl groups is 1. The molecule has 3 rings (SSSR count). The largest absolute Gasteiger partial charge is 0.390 e. The van der Waals surface area contributed by atoms with Crippen LogP contribution in [0.3, 0.4) is 0 Å². The maximum atomic E-state index is 13.4. The Bertz CT molecular complexity index is 719. The molecule has 2 fully saturated rings. The van der Waals surface area contributed by atoms with Crippen LogP contribution >= 0.6 is 0 Å². The van der Waals surface area contributed by atoms with E-state index >= 15 is 0 Å². The van der Waals surface area contributed by atoms with Crippen LogP contribution in [0.5, 0.6) is 0 Å². The second-order valence-corrected chi connectivity index (χ2v) is 8.50. The van der Waals surface area contributed by atoms with Gasteiger partial charge in [-0.3, -0.25) is 9.69 Å². The summed E-state index contributed by atoms with van der Waals surface area (Å²) in [6.07, 6.45) is 3.44. The fourth-order valence-corrected chi connectivity index (χ4v) is 4.29. The van der Waals surface area contributed by atoms with Gasteiger partial charge in [-0.25, -0.2) is 9.18 Å². The molecule has 0 spiro atoms. The minimum atomic E-state index is -1.19. The number of hydrogen-bond donors (Lipinski definition) is 2. The Labute approximate surface area is 172 Å². The van der Waals surface area contributed by atoms with E-state index in [0.29, 0.717) is 24.4 Å². The Hall–Kier alpha value is -1.99. The molecule has 7 heteroatoms. The van der Waals surface area contributed by atoms with Crippen LogP contribution in [0, 0.1) is 11.7 Å². The summed E-state index contributed by atoms with van der Waals surface area (Å²) in [5, 5.41) is 13.4. The van der Waals surface area contributed by atoms with Gasteiger partial charge in [-0.05, 0) is 56.0 Å². The smallest absolute Gasteiger partial charge is 0.325 e. The highest BCUT2D eigenvalue weighted by Crippen LogP contribution is 2.34. The van der Waals surface area contributed by atoms with Crippen molar-refractivity contribution < 1.29 is 19.1 Å². The van der Waals surface area contributed by atoms with E-state index in [4.69, 9.17) is 0 Å². The lowest BCUT2D eigenvalue weighted by Crippen LogP contribution is -2.46. The molecule has 2 saturated heterocycles. The predicted molar refractivity (Wildman–Crippen MR) is 109 cm³/mol. The van der Waals surface area contributed by atoms with Gasteiger partial charge in [0.05, 0.1) is 12.6 Å². The van der Waals surface area contributed by atoms with E-state index in [1.54, 1.807) is 12.1 Å². The quantitative estimate of drug-likeness (QED) is 0.653. The third kappa shape index (κ3) is 4.78. The number of rotatable bonds is 8. The van der Waals surface area contributed by atoms with Crippen molar-refractivity contribution in [2.24, 2.45) is 5.92 Å². The highest BCUT2D eigenvalue weighted by Gasteiger charge is 2.52. The topological polar surface area (TPSA) is 72.9 Å².